The van der Waals surface area contributed by atoms with Crippen molar-refractivity contribution in [2.75, 3.05) is 13.2 Å². The van der Waals surface area contributed by atoms with Gasteiger partial charge >= 0.3 is 7.12 Å². The molecule has 0 aliphatic rings. The molecule has 0 aromatic heterocycles. The van der Waals surface area contributed by atoms with Crippen molar-refractivity contribution in [3.63, 3.8) is 0 Å². The molecule has 0 spiro atoms. The Morgan fingerprint density at radius 3 is 2.00 bits per heavy atom. The first-order valence-electron chi connectivity index (χ1n) is 8.67. The Morgan fingerprint density at radius 2 is 1.40 bits per heavy atom. The summed E-state index contributed by atoms with van der Waals surface area (Å²) in [7, 11) is -1.52. The molecule has 0 saturated heterocycles. The second-order valence-corrected chi connectivity index (χ2v) is 5.81. The fourth-order valence-corrected chi connectivity index (χ4v) is 2.28. The Morgan fingerprint density at radius 1 is 0.800 bits per heavy atom. The molecule has 0 amide bonds. The third-order valence-corrected chi connectivity index (χ3v) is 3.54. The maximum Gasteiger partial charge on any atom is 0.488 e. The van der Waals surface area contributed by atoms with Gasteiger partial charge in [-0.05, 0) is 53.7 Å². The Kier molecular flexibility index (Phi) is 7.57. The lowest BCUT2D eigenvalue weighted by atomic mass is 9.79. The van der Waals surface area contributed by atoms with Crippen molar-refractivity contribution >= 4 is 24.7 Å². The molecular weight excluding hydrogens is 315 g/mol. The molecule has 2 N–H and O–H groups in total. The highest BCUT2D eigenvalue weighted by Crippen LogP contribution is 2.17. The van der Waals surface area contributed by atoms with E-state index in [4.69, 9.17) is 9.47 Å². The van der Waals surface area contributed by atoms with Crippen LogP contribution in [-0.2, 0) is 0 Å². The minimum absolute atomic E-state index is 0.413. The number of benzene rings is 2. The summed E-state index contributed by atoms with van der Waals surface area (Å²) in [6, 6.07) is 13.1. The maximum atomic E-state index is 9.45. The first-order chi connectivity index (χ1) is 12.1. The summed E-state index contributed by atoms with van der Waals surface area (Å²) in [6.07, 6.45) is 5.77. The highest BCUT2D eigenvalue weighted by Gasteiger charge is 2.13. The van der Waals surface area contributed by atoms with E-state index in [1.165, 1.54) is 0 Å². The zero-order chi connectivity index (χ0) is 18.1. The Hall–Kier alpha value is -2.24. The van der Waals surface area contributed by atoms with E-state index in [0.29, 0.717) is 24.4 Å². The van der Waals surface area contributed by atoms with Crippen LogP contribution in [0, 0.1) is 0 Å². The van der Waals surface area contributed by atoms with Crippen LogP contribution in [0.5, 0.6) is 11.5 Å². The van der Waals surface area contributed by atoms with E-state index in [0.717, 1.165) is 29.7 Å². The van der Waals surface area contributed by atoms with Crippen molar-refractivity contribution in [3.05, 3.63) is 53.6 Å². The highest BCUT2D eigenvalue weighted by atomic mass is 16.5. The van der Waals surface area contributed by atoms with Crippen molar-refractivity contribution in [2.45, 2.75) is 26.7 Å². The van der Waals surface area contributed by atoms with Gasteiger partial charge < -0.3 is 19.5 Å². The van der Waals surface area contributed by atoms with E-state index >= 15 is 0 Å². The van der Waals surface area contributed by atoms with Gasteiger partial charge in [0.1, 0.15) is 11.5 Å². The molecule has 0 heterocycles. The van der Waals surface area contributed by atoms with Gasteiger partial charge in [-0.2, -0.15) is 0 Å². The molecule has 25 heavy (non-hydrogen) atoms. The molecule has 2 aromatic rings. The monoisotopic (exact) mass is 340 g/mol. The Bertz CT molecular complexity index is 681. The Balaban J connectivity index is 2.14. The van der Waals surface area contributed by atoms with Crippen LogP contribution in [0.15, 0.2) is 42.5 Å². The van der Waals surface area contributed by atoms with Gasteiger partial charge in [0, 0.05) is 0 Å². The van der Waals surface area contributed by atoms with E-state index in [2.05, 4.69) is 6.92 Å². The van der Waals surface area contributed by atoms with Gasteiger partial charge in [0.15, 0.2) is 0 Å². The van der Waals surface area contributed by atoms with Crippen LogP contribution in [-0.4, -0.2) is 30.4 Å². The molecule has 0 unspecified atom stereocenters. The summed E-state index contributed by atoms with van der Waals surface area (Å²) in [5, 5.41) is 18.9. The van der Waals surface area contributed by atoms with Crippen molar-refractivity contribution < 1.29 is 19.5 Å². The number of hydrogen-bond acceptors (Lipinski definition) is 4. The Labute approximate surface area is 149 Å². The standard InChI is InChI=1S/C20H25BO4/c1-3-11-24-19-9-7-16(8-10-19)5-6-17-13-18(21(22)23)15-20(14-17)25-12-4-2/h5-10,13-15,22-23H,3-4,11-12H2,1-2H3/b6-5+. The summed E-state index contributed by atoms with van der Waals surface area (Å²) in [5.74, 6) is 1.50. The van der Waals surface area contributed by atoms with Crippen LogP contribution in [0.2, 0.25) is 0 Å². The van der Waals surface area contributed by atoms with Gasteiger partial charge in [0.25, 0.3) is 0 Å². The third kappa shape index (κ3) is 6.29. The summed E-state index contributed by atoms with van der Waals surface area (Å²) in [5.41, 5.74) is 2.30. The van der Waals surface area contributed by atoms with E-state index in [9.17, 15) is 10.0 Å². The number of hydrogen-bond donors (Lipinski definition) is 2. The van der Waals surface area contributed by atoms with Gasteiger partial charge in [-0.15, -0.1) is 0 Å². The highest BCUT2D eigenvalue weighted by molar-refractivity contribution is 6.58. The average Bonchev–Trinajstić information content (AvgIpc) is 2.63. The van der Waals surface area contributed by atoms with Crippen molar-refractivity contribution in [1.29, 1.82) is 0 Å². The van der Waals surface area contributed by atoms with E-state index < -0.39 is 7.12 Å². The topological polar surface area (TPSA) is 58.9 Å². The van der Waals surface area contributed by atoms with Crippen molar-refractivity contribution in [1.82, 2.24) is 0 Å². The zero-order valence-electron chi connectivity index (χ0n) is 14.8. The fourth-order valence-electron chi connectivity index (χ4n) is 2.28. The van der Waals surface area contributed by atoms with Gasteiger partial charge in [0.2, 0.25) is 0 Å². The van der Waals surface area contributed by atoms with E-state index in [1.54, 1.807) is 12.1 Å². The second-order valence-electron chi connectivity index (χ2n) is 5.81. The van der Waals surface area contributed by atoms with E-state index in [1.807, 2.05) is 49.4 Å². The molecule has 0 saturated carbocycles. The number of ether oxygens (including phenoxy) is 2. The van der Waals surface area contributed by atoms with Crippen LogP contribution >= 0.6 is 0 Å². The minimum Gasteiger partial charge on any atom is -0.494 e. The van der Waals surface area contributed by atoms with Gasteiger partial charge in [-0.3, -0.25) is 0 Å². The van der Waals surface area contributed by atoms with Crippen molar-refractivity contribution in [2.24, 2.45) is 0 Å². The van der Waals surface area contributed by atoms with E-state index in [-0.39, 0.29) is 0 Å². The van der Waals surface area contributed by atoms with Crippen LogP contribution in [0.3, 0.4) is 0 Å². The molecule has 5 heteroatoms. The lowest BCUT2D eigenvalue weighted by molar-refractivity contribution is 0.317. The SMILES string of the molecule is CCCOc1ccc(/C=C/c2cc(OCCC)cc(B(O)O)c2)cc1. The zero-order valence-corrected chi connectivity index (χ0v) is 14.8. The molecule has 4 nitrogen and oxygen atoms in total. The van der Waals surface area contributed by atoms with Crippen LogP contribution in [0.1, 0.15) is 37.8 Å². The summed E-state index contributed by atoms with van der Waals surface area (Å²) >= 11 is 0. The molecule has 0 radical (unpaired) electrons. The van der Waals surface area contributed by atoms with Gasteiger partial charge in [0.05, 0.1) is 13.2 Å². The molecule has 0 atom stereocenters. The molecule has 0 bridgehead atoms. The van der Waals surface area contributed by atoms with Crippen molar-refractivity contribution in [3.8, 4) is 11.5 Å². The quantitative estimate of drug-likeness (QED) is 0.544. The molecule has 0 fully saturated rings. The molecule has 2 rings (SSSR count). The maximum absolute atomic E-state index is 9.45. The summed E-state index contributed by atoms with van der Waals surface area (Å²) in [4.78, 5) is 0. The van der Waals surface area contributed by atoms with Gasteiger partial charge in [-0.25, -0.2) is 0 Å². The largest absolute Gasteiger partial charge is 0.494 e. The van der Waals surface area contributed by atoms with Crippen LogP contribution < -0.4 is 14.9 Å². The first kappa shape index (κ1) is 19.1. The molecule has 0 aliphatic heterocycles. The number of rotatable bonds is 9. The molecule has 2 aromatic carbocycles. The minimum atomic E-state index is -1.52. The average molecular weight is 340 g/mol. The lowest BCUT2D eigenvalue weighted by Gasteiger charge is -2.09. The fraction of sp³-hybridized carbons (Fsp3) is 0.300. The summed E-state index contributed by atoms with van der Waals surface area (Å²) in [6.45, 7) is 5.41. The first-order valence-corrected chi connectivity index (χ1v) is 8.67. The second kappa shape index (κ2) is 9.92. The normalized spacial score (nSPS) is 10.9. The third-order valence-electron chi connectivity index (χ3n) is 3.54. The lowest BCUT2D eigenvalue weighted by Crippen LogP contribution is -2.30. The predicted molar refractivity (Wildman–Crippen MR) is 103 cm³/mol. The summed E-state index contributed by atoms with van der Waals surface area (Å²) < 4.78 is 11.2. The molecule has 132 valence electrons. The molecule has 0 aliphatic carbocycles. The van der Waals surface area contributed by atoms with Gasteiger partial charge in [-0.1, -0.05) is 44.2 Å². The predicted octanol–water partition coefficient (Wildman–Crippen LogP) is 3.11. The smallest absolute Gasteiger partial charge is 0.488 e. The molecular formula is C20H25BO4. The van der Waals surface area contributed by atoms with Crippen LogP contribution in [0.25, 0.3) is 12.2 Å². The van der Waals surface area contributed by atoms with Crippen LogP contribution in [0.4, 0.5) is 0 Å².